The maximum Gasteiger partial charge on any atom is 0.261 e. The summed E-state index contributed by atoms with van der Waals surface area (Å²) in [6.45, 7) is 6.35. The van der Waals surface area contributed by atoms with E-state index in [1.54, 1.807) is 6.20 Å². The molecule has 0 radical (unpaired) electrons. The molecule has 0 unspecified atom stereocenters. The van der Waals surface area contributed by atoms with Crippen LogP contribution < -0.4 is 10.1 Å². The van der Waals surface area contributed by atoms with Gasteiger partial charge in [0.05, 0.1) is 18.3 Å². The highest BCUT2D eigenvalue weighted by Gasteiger charge is 2.30. The van der Waals surface area contributed by atoms with Crippen molar-refractivity contribution < 1.29 is 9.53 Å². The molecule has 3 aromatic carbocycles. The Morgan fingerprint density at radius 2 is 1.87 bits per heavy atom. The van der Waals surface area contributed by atoms with Gasteiger partial charge in [-0.05, 0) is 66.3 Å². The van der Waals surface area contributed by atoms with Gasteiger partial charge in [0.15, 0.2) is 6.10 Å². The van der Waals surface area contributed by atoms with Crippen molar-refractivity contribution in [2.24, 2.45) is 0 Å². The van der Waals surface area contributed by atoms with Gasteiger partial charge in [0.25, 0.3) is 5.91 Å². The predicted molar refractivity (Wildman–Crippen MR) is 151 cm³/mol. The number of pyridine rings is 1. The molecular formula is C33H35N3O2. The minimum absolute atomic E-state index is 0.113. The van der Waals surface area contributed by atoms with Crippen LogP contribution in [0.25, 0.3) is 0 Å². The lowest BCUT2D eigenvalue weighted by molar-refractivity contribution is -0.128. The number of amides is 1. The second kappa shape index (κ2) is 12.1. The Balaban J connectivity index is 1.38. The van der Waals surface area contributed by atoms with E-state index in [0.29, 0.717) is 13.0 Å². The first-order valence-electron chi connectivity index (χ1n) is 13.4. The van der Waals surface area contributed by atoms with Crippen LogP contribution in [0.4, 0.5) is 0 Å². The van der Waals surface area contributed by atoms with Gasteiger partial charge in [-0.15, -0.1) is 0 Å². The Hall–Kier alpha value is -3.96. The molecule has 5 rings (SSSR count). The SMILES string of the molecule is CC[C@@H](Oc1ccc2c(c1)[C@H](c1ccccc1)N(Cc1cccc(C)c1)CC2)C(=O)NCc1ccccn1. The molecule has 1 aliphatic heterocycles. The van der Waals surface area contributed by atoms with E-state index in [1.165, 1.54) is 27.8 Å². The topological polar surface area (TPSA) is 54.5 Å². The van der Waals surface area contributed by atoms with Crippen molar-refractivity contribution in [3.05, 3.63) is 131 Å². The molecule has 5 heteroatoms. The summed E-state index contributed by atoms with van der Waals surface area (Å²) < 4.78 is 6.28. The lowest BCUT2D eigenvalue weighted by Crippen LogP contribution is -2.38. The largest absolute Gasteiger partial charge is 0.481 e. The normalized spacial score (nSPS) is 15.9. The van der Waals surface area contributed by atoms with Gasteiger partial charge in [0, 0.05) is 19.3 Å². The van der Waals surface area contributed by atoms with E-state index in [9.17, 15) is 4.79 Å². The van der Waals surface area contributed by atoms with Gasteiger partial charge >= 0.3 is 0 Å². The molecule has 0 fully saturated rings. The van der Waals surface area contributed by atoms with Gasteiger partial charge in [-0.2, -0.15) is 0 Å². The molecule has 2 atom stereocenters. The Morgan fingerprint density at radius 1 is 1.03 bits per heavy atom. The molecule has 5 nitrogen and oxygen atoms in total. The van der Waals surface area contributed by atoms with Crippen molar-refractivity contribution in [2.75, 3.05) is 6.54 Å². The molecule has 0 saturated heterocycles. The first kappa shape index (κ1) is 25.7. The Kier molecular flexibility index (Phi) is 8.15. The van der Waals surface area contributed by atoms with Gasteiger partial charge in [-0.3, -0.25) is 14.7 Å². The fraction of sp³-hybridized carbons (Fsp3) is 0.273. The van der Waals surface area contributed by atoms with Crippen LogP contribution >= 0.6 is 0 Å². The number of ether oxygens (including phenoxy) is 1. The van der Waals surface area contributed by atoms with Gasteiger partial charge in [0.1, 0.15) is 5.75 Å². The molecule has 1 aliphatic rings. The number of carbonyl (C=O) groups excluding carboxylic acids is 1. The van der Waals surface area contributed by atoms with Crippen molar-refractivity contribution in [3.8, 4) is 5.75 Å². The number of nitrogens with one attached hydrogen (secondary N) is 1. The average molecular weight is 506 g/mol. The molecule has 1 amide bonds. The van der Waals surface area contributed by atoms with E-state index in [1.807, 2.05) is 31.2 Å². The molecule has 0 aliphatic carbocycles. The summed E-state index contributed by atoms with van der Waals surface area (Å²) in [5, 5.41) is 2.97. The summed E-state index contributed by atoms with van der Waals surface area (Å²) in [7, 11) is 0. The fourth-order valence-electron chi connectivity index (χ4n) is 5.24. The molecule has 0 spiro atoms. The third-order valence-corrected chi connectivity index (χ3v) is 7.14. The number of hydrogen-bond acceptors (Lipinski definition) is 4. The van der Waals surface area contributed by atoms with Crippen molar-refractivity contribution >= 4 is 5.91 Å². The Labute approximate surface area is 225 Å². The monoisotopic (exact) mass is 505 g/mol. The van der Waals surface area contributed by atoms with E-state index in [4.69, 9.17) is 4.74 Å². The third-order valence-electron chi connectivity index (χ3n) is 7.14. The van der Waals surface area contributed by atoms with E-state index in [2.05, 4.69) is 88.9 Å². The van der Waals surface area contributed by atoms with Crippen molar-refractivity contribution in [1.82, 2.24) is 15.2 Å². The predicted octanol–water partition coefficient (Wildman–Crippen LogP) is 6.01. The van der Waals surface area contributed by atoms with Crippen LogP contribution in [-0.2, 0) is 24.3 Å². The molecule has 4 aromatic rings. The lowest BCUT2D eigenvalue weighted by Gasteiger charge is -2.38. The standard InChI is InChI=1S/C33H35N3O2/c1-3-31(33(37)35-22-28-14-7-8-18-34-28)38-29-16-15-26-17-19-36(23-25-11-9-10-24(2)20-25)32(30(26)21-29)27-12-5-4-6-13-27/h4-16,18,20-21,31-32H,3,17,19,22-23H2,1-2H3,(H,35,37)/t31-,32+/m1/s1. The van der Waals surface area contributed by atoms with Gasteiger partial charge in [-0.25, -0.2) is 0 Å². The van der Waals surface area contributed by atoms with E-state index in [-0.39, 0.29) is 11.9 Å². The number of carbonyl (C=O) groups is 1. The van der Waals surface area contributed by atoms with Crippen LogP contribution in [0.1, 0.15) is 52.9 Å². The second-order valence-corrected chi connectivity index (χ2v) is 9.94. The lowest BCUT2D eigenvalue weighted by atomic mass is 9.87. The Bertz CT molecular complexity index is 1360. The highest BCUT2D eigenvalue weighted by atomic mass is 16.5. The molecular weight excluding hydrogens is 470 g/mol. The number of fused-ring (bicyclic) bond motifs is 1. The van der Waals surface area contributed by atoms with Crippen molar-refractivity contribution in [1.29, 1.82) is 0 Å². The van der Waals surface area contributed by atoms with Crippen molar-refractivity contribution in [3.63, 3.8) is 0 Å². The van der Waals surface area contributed by atoms with Gasteiger partial charge < -0.3 is 10.1 Å². The molecule has 0 saturated carbocycles. The van der Waals surface area contributed by atoms with E-state index >= 15 is 0 Å². The minimum atomic E-state index is -0.570. The first-order valence-corrected chi connectivity index (χ1v) is 13.4. The molecule has 194 valence electrons. The first-order chi connectivity index (χ1) is 18.6. The van der Waals surface area contributed by atoms with E-state index in [0.717, 1.165) is 31.0 Å². The van der Waals surface area contributed by atoms with Crippen LogP contribution in [-0.4, -0.2) is 28.4 Å². The molecule has 2 heterocycles. The maximum atomic E-state index is 12.9. The number of rotatable bonds is 9. The second-order valence-electron chi connectivity index (χ2n) is 9.94. The van der Waals surface area contributed by atoms with Gasteiger partial charge in [-0.1, -0.05) is 79.2 Å². The zero-order valence-corrected chi connectivity index (χ0v) is 22.1. The van der Waals surface area contributed by atoms with Crippen molar-refractivity contribution in [2.45, 2.75) is 51.9 Å². The number of nitrogens with zero attached hydrogens (tertiary/aromatic N) is 2. The highest BCUT2D eigenvalue weighted by molar-refractivity contribution is 5.81. The number of hydrogen-bond donors (Lipinski definition) is 1. The fourth-order valence-corrected chi connectivity index (χ4v) is 5.24. The zero-order chi connectivity index (χ0) is 26.3. The summed E-state index contributed by atoms with van der Waals surface area (Å²) in [6, 6.07) is 31.6. The summed E-state index contributed by atoms with van der Waals surface area (Å²) in [4.78, 5) is 19.8. The minimum Gasteiger partial charge on any atom is -0.481 e. The summed E-state index contributed by atoms with van der Waals surface area (Å²) in [6.07, 6.45) is 2.71. The summed E-state index contributed by atoms with van der Waals surface area (Å²) >= 11 is 0. The smallest absolute Gasteiger partial charge is 0.261 e. The maximum absolute atomic E-state index is 12.9. The number of aromatic nitrogens is 1. The van der Waals surface area contributed by atoms with Crippen LogP contribution in [0.5, 0.6) is 5.75 Å². The molecule has 38 heavy (non-hydrogen) atoms. The zero-order valence-electron chi connectivity index (χ0n) is 22.1. The van der Waals surface area contributed by atoms with Crippen LogP contribution in [0.15, 0.2) is 97.2 Å². The number of benzene rings is 3. The quantitative estimate of drug-likeness (QED) is 0.303. The van der Waals surface area contributed by atoms with Gasteiger partial charge in [0.2, 0.25) is 0 Å². The highest BCUT2D eigenvalue weighted by Crippen LogP contribution is 2.38. The third kappa shape index (κ3) is 6.12. The number of aryl methyl sites for hydroxylation is 1. The summed E-state index contributed by atoms with van der Waals surface area (Å²) in [5.74, 6) is 0.596. The van der Waals surface area contributed by atoms with Crippen LogP contribution in [0.2, 0.25) is 0 Å². The Morgan fingerprint density at radius 3 is 2.63 bits per heavy atom. The van der Waals surface area contributed by atoms with Crippen LogP contribution in [0.3, 0.4) is 0 Å². The molecule has 0 bridgehead atoms. The molecule has 1 aromatic heterocycles. The van der Waals surface area contributed by atoms with E-state index < -0.39 is 6.10 Å². The van der Waals surface area contributed by atoms with Crippen LogP contribution in [0, 0.1) is 6.92 Å². The molecule has 1 N–H and O–H groups in total. The summed E-state index contributed by atoms with van der Waals surface area (Å²) in [5.41, 5.74) is 7.26. The average Bonchev–Trinajstić information content (AvgIpc) is 2.95.